The molecule has 1 fully saturated rings. The van der Waals surface area contributed by atoms with Gasteiger partial charge in [0, 0.05) is 24.2 Å². The smallest absolute Gasteiger partial charge is 0.295 e. The summed E-state index contributed by atoms with van der Waals surface area (Å²) in [5.41, 5.74) is 1.97. The van der Waals surface area contributed by atoms with Crippen LogP contribution in [0.4, 0.5) is 20.2 Å². The number of imidazole rings is 1. The van der Waals surface area contributed by atoms with Crippen LogP contribution in [-0.4, -0.2) is 28.3 Å². The number of amides is 2. The van der Waals surface area contributed by atoms with Crippen LogP contribution in [0.5, 0.6) is 0 Å². The third-order valence-corrected chi connectivity index (χ3v) is 4.88. The lowest BCUT2D eigenvalue weighted by Gasteiger charge is -2.17. The summed E-state index contributed by atoms with van der Waals surface area (Å²) in [5, 5.41) is 3.03. The van der Waals surface area contributed by atoms with Gasteiger partial charge in [0.1, 0.15) is 0 Å². The van der Waals surface area contributed by atoms with Crippen molar-refractivity contribution >= 4 is 45.8 Å². The molecule has 144 valence electrons. The number of aromatic amines is 1. The molecule has 0 radical (unpaired) electrons. The summed E-state index contributed by atoms with van der Waals surface area (Å²) in [5.74, 6) is -0.875. The van der Waals surface area contributed by atoms with Crippen LogP contribution in [0.25, 0.3) is 11.0 Å². The van der Waals surface area contributed by atoms with E-state index in [1.54, 1.807) is 23.1 Å². The van der Waals surface area contributed by atoms with E-state index in [0.717, 1.165) is 6.42 Å². The molecule has 0 saturated carbocycles. The number of aromatic nitrogens is 2. The van der Waals surface area contributed by atoms with E-state index in [9.17, 15) is 18.4 Å². The van der Waals surface area contributed by atoms with Crippen LogP contribution >= 0.6 is 11.6 Å². The van der Waals surface area contributed by atoms with Crippen LogP contribution in [0.15, 0.2) is 36.4 Å². The molecular weight excluding hydrogens is 390 g/mol. The minimum atomic E-state index is -2.72. The van der Waals surface area contributed by atoms with Crippen molar-refractivity contribution < 1.29 is 18.4 Å². The molecule has 6 nitrogen and oxygen atoms in total. The predicted molar refractivity (Wildman–Crippen MR) is 102 cm³/mol. The van der Waals surface area contributed by atoms with Crippen LogP contribution in [-0.2, 0) is 4.79 Å². The summed E-state index contributed by atoms with van der Waals surface area (Å²) in [4.78, 5) is 32.5. The third kappa shape index (κ3) is 3.43. The predicted octanol–water partition coefficient (Wildman–Crippen LogP) is 4.53. The Bertz CT molecular complexity index is 1080. The fourth-order valence-electron chi connectivity index (χ4n) is 3.17. The average molecular weight is 405 g/mol. The molecule has 1 saturated heterocycles. The molecule has 4 rings (SSSR count). The van der Waals surface area contributed by atoms with Crippen molar-refractivity contribution in [2.45, 2.75) is 19.3 Å². The quantitative estimate of drug-likeness (QED) is 0.670. The Hall–Kier alpha value is -3.00. The van der Waals surface area contributed by atoms with Crippen LogP contribution in [0.1, 0.15) is 35.4 Å². The lowest BCUT2D eigenvalue weighted by atomic mass is 10.1. The number of H-pyrrole nitrogens is 1. The Morgan fingerprint density at radius 2 is 2.07 bits per heavy atom. The van der Waals surface area contributed by atoms with Gasteiger partial charge < -0.3 is 15.2 Å². The van der Waals surface area contributed by atoms with Crippen LogP contribution in [0.2, 0.25) is 5.02 Å². The van der Waals surface area contributed by atoms with E-state index in [1.807, 2.05) is 0 Å². The van der Waals surface area contributed by atoms with Gasteiger partial charge in [0.25, 0.3) is 12.3 Å². The van der Waals surface area contributed by atoms with Crippen molar-refractivity contribution in [3.05, 3.63) is 52.8 Å². The second-order valence-corrected chi connectivity index (χ2v) is 6.83. The number of halogens is 3. The molecular formula is C19H15ClF2N4O2. The highest BCUT2D eigenvalue weighted by Crippen LogP contribution is 2.30. The van der Waals surface area contributed by atoms with Gasteiger partial charge in [0.2, 0.25) is 5.91 Å². The molecule has 2 heterocycles. The van der Waals surface area contributed by atoms with Crippen molar-refractivity contribution in [2.75, 3.05) is 16.8 Å². The Balaban J connectivity index is 1.59. The first-order valence-electron chi connectivity index (χ1n) is 8.61. The third-order valence-electron chi connectivity index (χ3n) is 4.55. The highest BCUT2D eigenvalue weighted by atomic mass is 35.5. The summed E-state index contributed by atoms with van der Waals surface area (Å²) < 4.78 is 25.5. The summed E-state index contributed by atoms with van der Waals surface area (Å²) in [6, 6.07) is 9.43. The number of fused-ring (bicyclic) bond motifs is 1. The van der Waals surface area contributed by atoms with Gasteiger partial charge in [-0.1, -0.05) is 11.6 Å². The van der Waals surface area contributed by atoms with Crippen molar-refractivity contribution in [3.8, 4) is 0 Å². The Morgan fingerprint density at radius 1 is 1.25 bits per heavy atom. The lowest BCUT2D eigenvalue weighted by Crippen LogP contribution is -2.23. The number of benzene rings is 2. The zero-order chi connectivity index (χ0) is 19.8. The first kappa shape index (κ1) is 18.4. The molecule has 2 N–H and O–H groups in total. The molecule has 1 aromatic heterocycles. The summed E-state index contributed by atoms with van der Waals surface area (Å²) in [6.07, 6.45) is -1.44. The Labute approximate surface area is 163 Å². The van der Waals surface area contributed by atoms with Gasteiger partial charge in [0.05, 0.1) is 21.7 Å². The van der Waals surface area contributed by atoms with Crippen molar-refractivity contribution in [1.29, 1.82) is 0 Å². The lowest BCUT2D eigenvalue weighted by molar-refractivity contribution is -0.117. The number of hydrogen-bond acceptors (Lipinski definition) is 3. The molecule has 0 bridgehead atoms. The molecule has 28 heavy (non-hydrogen) atoms. The number of hydrogen-bond donors (Lipinski definition) is 2. The molecule has 3 aromatic rings. The number of nitrogens with one attached hydrogen (secondary N) is 2. The van der Waals surface area contributed by atoms with E-state index in [1.165, 1.54) is 18.2 Å². The number of carbonyl (C=O) groups is 2. The fourth-order valence-corrected chi connectivity index (χ4v) is 3.33. The van der Waals surface area contributed by atoms with Crippen LogP contribution < -0.4 is 10.2 Å². The summed E-state index contributed by atoms with van der Waals surface area (Å²) in [7, 11) is 0. The molecule has 1 aliphatic rings. The number of rotatable bonds is 4. The first-order valence-corrected chi connectivity index (χ1v) is 8.99. The van der Waals surface area contributed by atoms with E-state index in [2.05, 4.69) is 15.3 Å². The molecule has 0 atom stereocenters. The number of nitrogens with zero attached hydrogens (tertiary/aromatic N) is 2. The van der Waals surface area contributed by atoms with Gasteiger partial charge >= 0.3 is 0 Å². The van der Waals surface area contributed by atoms with Gasteiger partial charge in [-0.15, -0.1) is 0 Å². The SMILES string of the molecule is O=C(Nc1cc(N2CCCC2=O)ccc1Cl)c1ccc2nc(C(F)F)[nH]c2c1. The maximum Gasteiger partial charge on any atom is 0.295 e. The van der Waals surface area contributed by atoms with Crippen molar-refractivity contribution in [3.63, 3.8) is 0 Å². The van der Waals surface area contributed by atoms with E-state index in [-0.39, 0.29) is 11.5 Å². The van der Waals surface area contributed by atoms with Crippen LogP contribution in [0, 0.1) is 0 Å². The zero-order valence-corrected chi connectivity index (χ0v) is 15.3. The van der Waals surface area contributed by atoms with Gasteiger partial charge in [-0.05, 0) is 42.8 Å². The maximum atomic E-state index is 12.8. The molecule has 2 aromatic carbocycles. The normalized spacial score (nSPS) is 14.3. The number of anilines is 2. The highest BCUT2D eigenvalue weighted by Gasteiger charge is 2.22. The zero-order valence-electron chi connectivity index (χ0n) is 14.5. The van der Waals surface area contributed by atoms with Crippen molar-refractivity contribution in [2.24, 2.45) is 0 Å². The number of alkyl halides is 2. The second kappa shape index (κ2) is 7.20. The van der Waals surface area contributed by atoms with E-state index >= 15 is 0 Å². The summed E-state index contributed by atoms with van der Waals surface area (Å²) >= 11 is 6.19. The van der Waals surface area contributed by atoms with Gasteiger partial charge in [0.15, 0.2) is 5.82 Å². The van der Waals surface area contributed by atoms with E-state index in [0.29, 0.717) is 40.4 Å². The highest BCUT2D eigenvalue weighted by molar-refractivity contribution is 6.34. The van der Waals surface area contributed by atoms with Crippen molar-refractivity contribution in [1.82, 2.24) is 9.97 Å². The molecule has 1 aliphatic heterocycles. The monoisotopic (exact) mass is 404 g/mol. The average Bonchev–Trinajstić information content (AvgIpc) is 3.29. The van der Waals surface area contributed by atoms with E-state index in [4.69, 9.17) is 11.6 Å². The molecule has 0 spiro atoms. The minimum Gasteiger partial charge on any atom is -0.337 e. The molecule has 2 amide bonds. The largest absolute Gasteiger partial charge is 0.337 e. The Morgan fingerprint density at radius 3 is 2.79 bits per heavy atom. The van der Waals surface area contributed by atoms with E-state index < -0.39 is 18.2 Å². The minimum absolute atomic E-state index is 0.0270. The second-order valence-electron chi connectivity index (χ2n) is 6.42. The fraction of sp³-hybridized carbons (Fsp3) is 0.211. The molecule has 0 unspecified atom stereocenters. The summed E-state index contributed by atoms with van der Waals surface area (Å²) in [6.45, 7) is 0.622. The topological polar surface area (TPSA) is 78.1 Å². The maximum absolute atomic E-state index is 12.8. The molecule has 9 heteroatoms. The first-order chi connectivity index (χ1) is 13.4. The van der Waals surface area contributed by atoms with Gasteiger partial charge in [-0.2, -0.15) is 0 Å². The van der Waals surface area contributed by atoms with Crippen LogP contribution in [0.3, 0.4) is 0 Å². The van der Waals surface area contributed by atoms with Gasteiger partial charge in [-0.25, -0.2) is 13.8 Å². The Kier molecular flexibility index (Phi) is 4.72. The molecule has 0 aliphatic carbocycles. The van der Waals surface area contributed by atoms with Gasteiger partial charge in [-0.3, -0.25) is 9.59 Å². The standard InChI is InChI=1S/C19H15ClF2N4O2/c20-12-5-4-11(26-7-1-2-16(26)27)9-14(12)25-19(28)10-3-6-13-15(8-10)24-18(23-13)17(21)22/h3-6,8-9,17H,1-2,7H2,(H,23,24)(H,25,28). The number of carbonyl (C=O) groups excluding carboxylic acids is 2.